The molecule has 0 amide bonds. The molecule has 1 heterocycles. The van der Waals surface area contributed by atoms with Crippen LogP contribution in [0.4, 0.5) is 10.3 Å². The summed E-state index contributed by atoms with van der Waals surface area (Å²) in [6.45, 7) is 7.01. The van der Waals surface area contributed by atoms with E-state index in [1.54, 1.807) is 13.8 Å². The van der Waals surface area contributed by atoms with Crippen LogP contribution in [0.15, 0.2) is 12.4 Å². The second-order valence-electron chi connectivity index (χ2n) is 4.53. The Balaban J connectivity index is 2.82. The van der Waals surface area contributed by atoms with E-state index in [1.807, 2.05) is 13.8 Å². The highest BCUT2D eigenvalue weighted by molar-refractivity contribution is 5.29. The lowest BCUT2D eigenvalue weighted by Crippen LogP contribution is -2.51. The van der Waals surface area contributed by atoms with Crippen molar-refractivity contribution in [3.05, 3.63) is 18.2 Å². The Morgan fingerprint density at radius 3 is 2.07 bits per heavy atom. The molecule has 0 radical (unpaired) electrons. The van der Waals surface area contributed by atoms with Crippen molar-refractivity contribution in [3.63, 3.8) is 0 Å². The van der Waals surface area contributed by atoms with Crippen LogP contribution in [0.25, 0.3) is 0 Å². The van der Waals surface area contributed by atoms with E-state index in [-0.39, 0.29) is 0 Å². The van der Waals surface area contributed by atoms with Crippen LogP contribution in [-0.4, -0.2) is 26.2 Å². The average Bonchev–Trinajstić information content (AvgIpc) is 2.06. The lowest BCUT2D eigenvalue weighted by Gasteiger charge is -2.37. The molecule has 0 aliphatic heterocycles. The summed E-state index contributed by atoms with van der Waals surface area (Å²) in [6, 6.07) is 0. The van der Waals surface area contributed by atoms with E-state index in [4.69, 9.17) is 0 Å². The summed E-state index contributed by atoms with van der Waals surface area (Å²) in [4.78, 5) is 7.54. The smallest absolute Gasteiger partial charge is 0.223 e. The minimum atomic E-state index is -0.940. The minimum Gasteiger partial charge on any atom is -0.388 e. The summed E-state index contributed by atoms with van der Waals surface area (Å²) in [5.74, 6) is -0.190. The Morgan fingerprint density at radius 2 is 1.67 bits per heavy atom. The molecule has 0 fully saturated rings. The van der Waals surface area contributed by atoms with Gasteiger partial charge in [-0.25, -0.2) is 14.4 Å². The SMILES string of the molecule is CC(C)(O)C(C)(C)Nc1ncc(F)cn1. The largest absolute Gasteiger partial charge is 0.388 e. The van der Waals surface area contributed by atoms with Gasteiger partial charge >= 0.3 is 0 Å². The Morgan fingerprint density at radius 1 is 1.20 bits per heavy atom. The molecule has 15 heavy (non-hydrogen) atoms. The third-order valence-corrected chi connectivity index (χ3v) is 2.57. The molecule has 1 aromatic heterocycles. The molecule has 0 aromatic carbocycles. The van der Waals surface area contributed by atoms with Crippen LogP contribution in [0.5, 0.6) is 0 Å². The number of nitrogens with zero attached hydrogens (tertiary/aromatic N) is 2. The van der Waals surface area contributed by atoms with Crippen LogP contribution in [0.2, 0.25) is 0 Å². The van der Waals surface area contributed by atoms with Gasteiger partial charge in [0.05, 0.1) is 23.5 Å². The first-order chi connectivity index (χ1) is 6.72. The molecule has 4 nitrogen and oxygen atoms in total. The molecular formula is C10H16FN3O. The lowest BCUT2D eigenvalue weighted by atomic mass is 9.86. The number of hydrogen-bond donors (Lipinski definition) is 2. The number of aromatic nitrogens is 2. The van der Waals surface area contributed by atoms with Crippen LogP contribution < -0.4 is 5.32 Å². The third kappa shape index (κ3) is 2.86. The predicted molar refractivity (Wildman–Crippen MR) is 56.0 cm³/mol. The maximum absolute atomic E-state index is 12.6. The van der Waals surface area contributed by atoms with E-state index in [2.05, 4.69) is 15.3 Å². The zero-order valence-electron chi connectivity index (χ0n) is 9.37. The summed E-state index contributed by atoms with van der Waals surface area (Å²) in [7, 11) is 0. The van der Waals surface area contributed by atoms with E-state index >= 15 is 0 Å². The highest BCUT2D eigenvalue weighted by Gasteiger charge is 2.35. The molecule has 2 N–H and O–H groups in total. The molecule has 0 saturated carbocycles. The van der Waals surface area contributed by atoms with Crippen LogP contribution in [0.1, 0.15) is 27.7 Å². The maximum Gasteiger partial charge on any atom is 0.223 e. The van der Waals surface area contributed by atoms with Gasteiger partial charge in [-0.15, -0.1) is 0 Å². The fraction of sp³-hybridized carbons (Fsp3) is 0.600. The summed E-state index contributed by atoms with van der Waals surface area (Å²) < 4.78 is 12.6. The van der Waals surface area contributed by atoms with Gasteiger partial charge < -0.3 is 10.4 Å². The highest BCUT2D eigenvalue weighted by Crippen LogP contribution is 2.23. The molecular weight excluding hydrogens is 197 g/mol. The van der Waals surface area contributed by atoms with Crippen molar-refractivity contribution in [2.45, 2.75) is 38.8 Å². The normalized spacial score (nSPS) is 12.7. The summed E-state index contributed by atoms with van der Waals surface area (Å²) in [6.07, 6.45) is 2.16. The van der Waals surface area contributed by atoms with Gasteiger partial charge in [0.25, 0.3) is 0 Å². The zero-order chi connectivity index (χ0) is 11.7. The van der Waals surface area contributed by atoms with Gasteiger partial charge in [0.15, 0.2) is 5.82 Å². The van der Waals surface area contributed by atoms with Gasteiger partial charge in [-0.3, -0.25) is 0 Å². The Labute approximate surface area is 88.6 Å². The summed E-state index contributed by atoms with van der Waals surface area (Å²) in [5, 5.41) is 12.8. The minimum absolute atomic E-state index is 0.295. The van der Waals surface area contributed by atoms with E-state index in [9.17, 15) is 9.50 Å². The number of aliphatic hydroxyl groups is 1. The van der Waals surface area contributed by atoms with Crippen molar-refractivity contribution < 1.29 is 9.50 Å². The van der Waals surface area contributed by atoms with Crippen molar-refractivity contribution in [2.75, 3.05) is 5.32 Å². The van der Waals surface area contributed by atoms with Crippen molar-refractivity contribution in [3.8, 4) is 0 Å². The quantitative estimate of drug-likeness (QED) is 0.800. The second kappa shape index (κ2) is 3.73. The standard InChI is InChI=1S/C10H16FN3O/c1-9(2,10(3,4)15)14-8-12-5-7(11)6-13-8/h5-6,15H,1-4H3,(H,12,13,14). The molecule has 0 spiro atoms. The van der Waals surface area contributed by atoms with Crippen molar-refractivity contribution in [1.29, 1.82) is 0 Å². The molecule has 1 aromatic rings. The van der Waals surface area contributed by atoms with Gasteiger partial charge in [-0.2, -0.15) is 0 Å². The molecule has 0 aliphatic carbocycles. The average molecular weight is 213 g/mol. The first-order valence-corrected chi connectivity index (χ1v) is 4.70. The third-order valence-electron chi connectivity index (χ3n) is 2.57. The molecule has 84 valence electrons. The molecule has 5 heteroatoms. The number of rotatable bonds is 3. The number of anilines is 1. The monoisotopic (exact) mass is 213 g/mol. The molecule has 0 bridgehead atoms. The Bertz CT molecular complexity index is 330. The lowest BCUT2D eigenvalue weighted by molar-refractivity contribution is 0.0237. The summed E-state index contributed by atoms with van der Waals surface area (Å²) in [5.41, 5.74) is -1.55. The fourth-order valence-corrected chi connectivity index (χ4v) is 0.809. The van der Waals surface area contributed by atoms with E-state index in [0.717, 1.165) is 12.4 Å². The number of halogens is 1. The van der Waals surface area contributed by atoms with Gasteiger partial charge in [-0.1, -0.05) is 0 Å². The van der Waals surface area contributed by atoms with Gasteiger partial charge in [-0.05, 0) is 27.7 Å². The topological polar surface area (TPSA) is 58.0 Å². The number of nitrogens with one attached hydrogen (secondary N) is 1. The fourth-order valence-electron chi connectivity index (χ4n) is 0.809. The van der Waals surface area contributed by atoms with E-state index in [1.165, 1.54) is 0 Å². The maximum atomic E-state index is 12.6. The molecule has 0 atom stereocenters. The predicted octanol–water partition coefficient (Wildman–Crippen LogP) is 1.58. The van der Waals surface area contributed by atoms with Crippen LogP contribution in [0, 0.1) is 5.82 Å². The Hall–Kier alpha value is -1.23. The first kappa shape index (κ1) is 11.8. The molecule has 0 saturated heterocycles. The zero-order valence-corrected chi connectivity index (χ0v) is 9.37. The van der Waals surface area contributed by atoms with Gasteiger partial charge in [0.2, 0.25) is 5.95 Å². The first-order valence-electron chi connectivity index (χ1n) is 4.70. The summed E-state index contributed by atoms with van der Waals surface area (Å²) >= 11 is 0. The van der Waals surface area contributed by atoms with Crippen molar-refractivity contribution >= 4 is 5.95 Å². The van der Waals surface area contributed by atoms with Crippen molar-refractivity contribution in [2.24, 2.45) is 0 Å². The molecule has 1 rings (SSSR count). The molecule has 0 unspecified atom stereocenters. The van der Waals surface area contributed by atoms with E-state index < -0.39 is 17.0 Å². The highest BCUT2D eigenvalue weighted by atomic mass is 19.1. The Kier molecular flexibility index (Phi) is 2.95. The second-order valence-corrected chi connectivity index (χ2v) is 4.53. The van der Waals surface area contributed by atoms with Crippen molar-refractivity contribution in [1.82, 2.24) is 9.97 Å². The van der Waals surface area contributed by atoms with Crippen LogP contribution >= 0.6 is 0 Å². The van der Waals surface area contributed by atoms with Gasteiger partial charge in [0.1, 0.15) is 0 Å². The van der Waals surface area contributed by atoms with Crippen LogP contribution in [-0.2, 0) is 0 Å². The van der Waals surface area contributed by atoms with Gasteiger partial charge in [0, 0.05) is 0 Å². The van der Waals surface area contributed by atoms with E-state index in [0.29, 0.717) is 5.95 Å². The molecule has 0 aliphatic rings. The van der Waals surface area contributed by atoms with Crippen LogP contribution in [0.3, 0.4) is 0 Å². The number of hydrogen-bond acceptors (Lipinski definition) is 4.